The van der Waals surface area contributed by atoms with Gasteiger partial charge >= 0.3 is 0 Å². The summed E-state index contributed by atoms with van der Waals surface area (Å²) in [6.07, 6.45) is 9.89. The summed E-state index contributed by atoms with van der Waals surface area (Å²) < 4.78 is 20.0. The molecule has 0 radical (unpaired) electrons. The fourth-order valence-electron chi connectivity index (χ4n) is 3.07. The Labute approximate surface area is 164 Å². The molecule has 2 aromatic heterocycles. The maximum absolute atomic E-state index is 14.6. The van der Waals surface area contributed by atoms with E-state index in [1.54, 1.807) is 18.5 Å². The number of nitrogens with one attached hydrogen (secondary N) is 1. The van der Waals surface area contributed by atoms with Gasteiger partial charge < -0.3 is 15.8 Å². The Bertz CT molecular complexity index is 846. The summed E-state index contributed by atoms with van der Waals surface area (Å²) in [5.41, 5.74) is 8.67. The number of ether oxygens (including phenoxy) is 1. The Morgan fingerprint density at radius 2 is 2.18 bits per heavy atom. The quantitative estimate of drug-likeness (QED) is 0.709. The molecule has 6 nitrogen and oxygen atoms in total. The summed E-state index contributed by atoms with van der Waals surface area (Å²) >= 11 is 0. The van der Waals surface area contributed by atoms with Crippen molar-refractivity contribution in [2.75, 3.05) is 18.5 Å². The van der Waals surface area contributed by atoms with Crippen LogP contribution < -0.4 is 11.1 Å². The van der Waals surface area contributed by atoms with Gasteiger partial charge in [-0.3, -0.25) is 15.0 Å². The van der Waals surface area contributed by atoms with E-state index < -0.39 is 5.82 Å². The normalized spacial score (nSPS) is 15.9. The van der Waals surface area contributed by atoms with Crippen LogP contribution in [0.15, 0.2) is 41.8 Å². The van der Waals surface area contributed by atoms with Gasteiger partial charge in [-0.2, -0.15) is 0 Å². The van der Waals surface area contributed by atoms with Crippen LogP contribution in [0.5, 0.6) is 0 Å². The average molecular weight is 383 g/mol. The Hall–Kier alpha value is -2.80. The summed E-state index contributed by atoms with van der Waals surface area (Å²) in [7, 11) is 0. The Kier molecular flexibility index (Phi) is 7.08. The molecule has 1 saturated heterocycles. The lowest BCUT2D eigenvalue weighted by Crippen LogP contribution is -2.27. The van der Waals surface area contributed by atoms with Gasteiger partial charge in [0.25, 0.3) is 0 Å². The van der Waals surface area contributed by atoms with Crippen molar-refractivity contribution in [1.29, 1.82) is 0 Å². The standard InChI is InChI=1S/C21H26FN5O/c1-2-3-17-10-18(4-7-24-17)25-13-15(12-23)21-20(22)11-19(14-26-21)27-16-5-8-28-9-6-16/h4,7,10-14,16,27H,2-3,5-6,8-9,23H2,1H3. The molecule has 0 spiro atoms. The molecule has 0 saturated carbocycles. The van der Waals surface area contributed by atoms with Gasteiger partial charge in [0.2, 0.25) is 0 Å². The molecule has 3 N–H and O–H groups in total. The van der Waals surface area contributed by atoms with Gasteiger partial charge in [-0.15, -0.1) is 0 Å². The summed E-state index contributed by atoms with van der Waals surface area (Å²) in [4.78, 5) is 13.0. The number of hydrogen-bond acceptors (Lipinski definition) is 6. The van der Waals surface area contributed by atoms with E-state index in [1.165, 1.54) is 18.5 Å². The number of nitrogens with zero attached hydrogens (tertiary/aromatic N) is 3. The van der Waals surface area contributed by atoms with Crippen molar-refractivity contribution in [2.24, 2.45) is 10.7 Å². The van der Waals surface area contributed by atoms with E-state index in [9.17, 15) is 4.39 Å². The molecule has 1 aliphatic heterocycles. The molecule has 1 aliphatic rings. The third-order valence-electron chi connectivity index (χ3n) is 4.55. The van der Waals surface area contributed by atoms with E-state index in [2.05, 4.69) is 27.2 Å². The first-order chi connectivity index (χ1) is 13.7. The van der Waals surface area contributed by atoms with Gasteiger partial charge in [0.15, 0.2) is 5.82 Å². The molecule has 0 aliphatic carbocycles. The molecule has 7 heteroatoms. The zero-order valence-corrected chi connectivity index (χ0v) is 16.1. The van der Waals surface area contributed by atoms with E-state index in [4.69, 9.17) is 10.5 Å². The van der Waals surface area contributed by atoms with Crippen LogP contribution in [0, 0.1) is 5.82 Å². The first-order valence-electron chi connectivity index (χ1n) is 9.60. The first kappa shape index (κ1) is 19.9. The van der Waals surface area contributed by atoms with Crippen LogP contribution >= 0.6 is 0 Å². The molecule has 3 heterocycles. The lowest BCUT2D eigenvalue weighted by Gasteiger charge is -2.24. The largest absolute Gasteiger partial charge is 0.404 e. The number of nitrogens with two attached hydrogens (primary N) is 1. The van der Waals surface area contributed by atoms with E-state index in [0.717, 1.165) is 50.3 Å². The molecule has 0 unspecified atom stereocenters. The second-order valence-electron chi connectivity index (χ2n) is 6.72. The minimum atomic E-state index is -0.443. The van der Waals surface area contributed by atoms with Crippen LogP contribution in [0.4, 0.5) is 15.8 Å². The number of hydrogen-bond donors (Lipinski definition) is 2. The van der Waals surface area contributed by atoms with Crippen LogP contribution in [0.1, 0.15) is 37.6 Å². The zero-order valence-electron chi connectivity index (χ0n) is 16.1. The van der Waals surface area contributed by atoms with Gasteiger partial charge in [-0.05, 0) is 31.4 Å². The van der Waals surface area contributed by atoms with Crippen molar-refractivity contribution >= 4 is 23.2 Å². The molecule has 148 valence electrons. The molecule has 28 heavy (non-hydrogen) atoms. The molecule has 2 aromatic rings. The second-order valence-corrected chi connectivity index (χ2v) is 6.72. The smallest absolute Gasteiger partial charge is 0.151 e. The van der Waals surface area contributed by atoms with Crippen molar-refractivity contribution in [1.82, 2.24) is 9.97 Å². The summed E-state index contributed by atoms with van der Waals surface area (Å²) in [5.74, 6) is -0.443. The highest BCUT2D eigenvalue weighted by atomic mass is 19.1. The third kappa shape index (κ3) is 5.36. The molecular weight excluding hydrogens is 357 g/mol. The van der Waals surface area contributed by atoms with E-state index in [1.807, 2.05) is 6.07 Å². The predicted octanol–water partition coefficient (Wildman–Crippen LogP) is 3.86. The molecule has 0 atom stereocenters. The van der Waals surface area contributed by atoms with Crippen molar-refractivity contribution in [3.8, 4) is 0 Å². The number of aliphatic imine (C=N–C) groups is 1. The lowest BCUT2D eigenvalue weighted by atomic mass is 10.1. The molecule has 1 fully saturated rings. The number of pyridine rings is 2. The van der Waals surface area contributed by atoms with Crippen LogP contribution in [-0.4, -0.2) is 35.4 Å². The minimum absolute atomic E-state index is 0.173. The first-order valence-corrected chi connectivity index (χ1v) is 9.60. The van der Waals surface area contributed by atoms with E-state index in [-0.39, 0.29) is 11.7 Å². The highest BCUT2D eigenvalue weighted by molar-refractivity contribution is 6.09. The number of anilines is 1. The SMILES string of the molecule is CCCc1cc(N=CC(=CN)c2ncc(NC3CCOCC3)cc2F)ccn1. The topological polar surface area (TPSA) is 85.4 Å². The Balaban J connectivity index is 1.72. The van der Waals surface area contributed by atoms with Crippen LogP contribution in [0.25, 0.3) is 5.57 Å². The molecule has 0 amide bonds. The van der Waals surface area contributed by atoms with Crippen molar-refractivity contribution in [3.05, 3.63) is 54.0 Å². The summed E-state index contributed by atoms with van der Waals surface area (Å²) in [6.45, 7) is 3.54. The highest BCUT2D eigenvalue weighted by Gasteiger charge is 2.15. The maximum Gasteiger partial charge on any atom is 0.151 e. The lowest BCUT2D eigenvalue weighted by molar-refractivity contribution is 0.0904. The number of allylic oxidation sites excluding steroid dienone is 1. The van der Waals surface area contributed by atoms with E-state index in [0.29, 0.717) is 11.3 Å². The van der Waals surface area contributed by atoms with Crippen molar-refractivity contribution in [2.45, 2.75) is 38.6 Å². The highest BCUT2D eigenvalue weighted by Crippen LogP contribution is 2.21. The molecule has 0 aromatic carbocycles. The van der Waals surface area contributed by atoms with E-state index >= 15 is 0 Å². The molecule has 3 rings (SSSR count). The van der Waals surface area contributed by atoms with Crippen LogP contribution in [0.3, 0.4) is 0 Å². The number of aryl methyl sites for hydroxylation is 1. The number of aromatic nitrogens is 2. The van der Waals surface area contributed by atoms with Gasteiger partial charge in [-0.25, -0.2) is 4.39 Å². The fraction of sp³-hybridized carbons (Fsp3) is 0.381. The van der Waals surface area contributed by atoms with Gasteiger partial charge in [0.1, 0.15) is 5.69 Å². The van der Waals surface area contributed by atoms with Crippen LogP contribution in [-0.2, 0) is 11.2 Å². The monoisotopic (exact) mass is 383 g/mol. The minimum Gasteiger partial charge on any atom is -0.404 e. The second kappa shape index (κ2) is 9.94. The third-order valence-corrected chi connectivity index (χ3v) is 4.55. The number of halogens is 1. The van der Waals surface area contributed by atoms with Crippen LogP contribution in [0.2, 0.25) is 0 Å². The Morgan fingerprint density at radius 3 is 2.89 bits per heavy atom. The average Bonchev–Trinajstić information content (AvgIpc) is 2.71. The van der Waals surface area contributed by atoms with Crippen molar-refractivity contribution < 1.29 is 9.13 Å². The van der Waals surface area contributed by atoms with Gasteiger partial charge in [-0.1, -0.05) is 13.3 Å². The van der Waals surface area contributed by atoms with Gasteiger partial charge in [0, 0.05) is 55.2 Å². The van der Waals surface area contributed by atoms with Crippen molar-refractivity contribution in [3.63, 3.8) is 0 Å². The summed E-state index contributed by atoms with van der Waals surface area (Å²) in [5, 5.41) is 3.31. The molecule has 0 bridgehead atoms. The fourth-order valence-corrected chi connectivity index (χ4v) is 3.07. The maximum atomic E-state index is 14.6. The Morgan fingerprint density at radius 1 is 1.36 bits per heavy atom. The zero-order chi connectivity index (χ0) is 19.8. The predicted molar refractivity (Wildman–Crippen MR) is 110 cm³/mol. The van der Waals surface area contributed by atoms with Gasteiger partial charge in [0.05, 0.1) is 17.6 Å². The summed E-state index contributed by atoms with van der Waals surface area (Å²) in [6, 6.07) is 5.43. The number of rotatable bonds is 7. The molecular formula is C21H26FN5O.